The summed E-state index contributed by atoms with van der Waals surface area (Å²) in [5, 5.41) is 8.34. The first-order valence-corrected chi connectivity index (χ1v) is 4.01. The minimum atomic E-state index is 0.510. The summed E-state index contributed by atoms with van der Waals surface area (Å²) in [5.74, 6) is 0.626. The maximum Gasteiger partial charge on any atom is 0.150 e. The molecule has 0 heterocycles. The maximum atomic E-state index is 10.7. The molecule has 0 aromatic heterocycles. The van der Waals surface area contributed by atoms with Gasteiger partial charge in [-0.15, -0.1) is 0 Å². The van der Waals surface area contributed by atoms with E-state index in [2.05, 4.69) is 0 Å². The van der Waals surface area contributed by atoms with E-state index in [1.165, 1.54) is 13.2 Å². The van der Waals surface area contributed by atoms with E-state index in [0.717, 1.165) is 6.29 Å². The van der Waals surface area contributed by atoms with Crippen molar-refractivity contribution in [1.29, 1.82) is 5.26 Å². The molecule has 70 valence electrons. The Bertz CT molecular complexity index is 402. The van der Waals surface area contributed by atoms with Gasteiger partial charge in [0.1, 0.15) is 5.75 Å². The normalized spacial score (nSPS) is 9.71. The summed E-state index contributed by atoms with van der Waals surface area (Å²) >= 11 is 0. The molecule has 0 unspecified atom stereocenters. The Labute approximate surface area is 82.2 Å². The summed E-state index contributed by atoms with van der Waals surface area (Å²) in [4.78, 5) is 10.7. The number of rotatable bonds is 3. The number of benzene rings is 1. The van der Waals surface area contributed by atoms with Gasteiger partial charge in [0.05, 0.1) is 13.2 Å². The lowest BCUT2D eigenvalue weighted by molar-refractivity contribution is 0.112. The molecule has 14 heavy (non-hydrogen) atoms. The summed E-state index contributed by atoms with van der Waals surface area (Å²) in [6.45, 7) is 0. The van der Waals surface area contributed by atoms with Crippen molar-refractivity contribution in [2.24, 2.45) is 0 Å². The zero-order valence-corrected chi connectivity index (χ0v) is 7.73. The fourth-order valence-electron chi connectivity index (χ4n) is 1.06. The lowest BCUT2D eigenvalue weighted by Crippen LogP contribution is -1.89. The SMILES string of the molecule is COc1ccc(C=CC#N)c(C=O)c1. The third-order valence-electron chi connectivity index (χ3n) is 1.76. The number of hydrogen-bond acceptors (Lipinski definition) is 3. The standard InChI is InChI=1S/C11H9NO2/c1-14-11-5-4-9(3-2-6-12)10(7-11)8-13/h2-5,7-8H,1H3. The van der Waals surface area contributed by atoms with Crippen molar-refractivity contribution in [3.05, 3.63) is 35.4 Å². The lowest BCUT2D eigenvalue weighted by Gasteiger charge is -2.02. The molecule has 0 N–H and O–H groups in total. The molecular weight excluding hydrogens is 178 g/mol. The second-order valence-electron chi connectivity index (χ2n) is 2.58. The van der Waals surface area contributed by atoms with Crippen molar-refractivity contribution in [3.8, 4) is 11.8 Å². The van der Waals surface area contributed by atoms with Crippen molar-refractivity contribution in [2.75, 3.05) is 7.11 Å². The molecule has 0 fully saturated rings. The van der Waals surface area contributed by atoms with E-state index in [-0.39, 0.29) is 0 Å². The molecule has 0 aliphatic carbocycles. The molecule has 1 aromatic carbocycles. The predicted molar refractivity (Wildman–Crippen MR) is 53.0 cm³/mol. The van der Waals surface area contributed by atoms with Gasteiger partial charge in [0.2, 0.25) is 0 Å². The largest absolute Gasteiger partial charge is 0.497 e. The van der Waals surface area contributed by atoms with E-state index < -0.39 is 0 Å². The van der Waals surface area contributed by atoms with E-state index in [4.69, 9.17) is 10.00 Å². The van der Waals surface area contributed by atoms with Crippen LogP contribution in [0.4, 0.5) is 0 Å². The van der Waals surface area contributed by atoms with Crippen LogP contribution in [-0.2, 0) is 0 Å². The third kappa shape index (κ3) is 2.20. The topological polar surface area (TPSA) is 50.1 Å². The van der Waals surface area contributed by atoms with Crippen LogP contribution in [-0.4, -0.2) is 13.4 Å². The van der Waals surface area contributed by atoms with Gasteiger partial charge < -0.3 is 4.74 Å². The van der Waals surface area contributed by atoms with Gasteiger partial charge in [0, 0.05) is 11.6 Å². The molecule has 0 spiro atoms. The van der Waals surface area contributed by atoms with Crippen molar-refractivity contribution in [2.45, 2.75) is 0 Å². The van der Waals surface area contributed by atoms with E-state index >= 15 is 0 Å². The Balaban J connectivity index is 3.12. The number of carbonyl (C=O) groups is 1. The first-order chi connectivity index (χ1) is 6.81. The zero-order chi connectivity index (χ0) is 10.4. The fraction of sp³-hybridized carbons (Fsp3) is 0.0909. The van der Waals surface area contributed by atoms with Gasteiger partial charge in [0.25, 0.3) is 0 Å². The van der Waals surface area contributed by atoms with E-state index in [0.29, 0.717) is 16.9 Å². The molecule has 0 amide bonds. The van der Waals surface area contributed by atoms with Crippen molar-refractivity contribution in [1.82, 2.24) is 0 Å². The quantitative estimate of drug-likeness (QED) is 0.537. The third-order valence-corrected chi connectivity index (χ3v) is 1.76. The number of ether oxygens (including phenoxy) is 1. The molecule has 3 nitrogen and oxygen atoms in total. The van der Waals surface area contributed by atoms with Gasteiger partial charge in [-0.25, -0.2) is 0 Å². The summed E-state index contributed by atoms with van der Waals surface area (Å²) in [5.41, 5.74) is 1.22. The van der Waals surface area contributed by atoms with Crippen LogP contribution < -0.4 is 4.74 Å². The van der Waals surface area contributed by atoms with Crippen LogP contribution >= 0.6 is 0 Å². The predicted octanol–water partition coefficient (Wildman–Crippen LogP) is 2.04. The summed E-state index contributed by atoms with van der Waals surface area (Å²) in [7, 11) is 1.54. The molecule has 0 saturated carbocycles. The van der Waals surface area contributed by atoms with Gasteiger partial charge in [-0.3, -0.25) is 4.79 Å². The monoisotopic (exact) mass is 187 g/mol. The first kappa shape index (κ1) is 10.0. The minimum absolute atomic E-state index is 0.510. The Morgan fingerprint density at radius 2 is 2.21 bits per heavy atom. The van der Waals surface area contributed by atoms with Crippen molar-refractivity contribution >= 4 is 12.4 Å². The molecule has 1 aromatic rings. The highest BCUT2D eigenvalue weighted by molar-refractivity contribution is 5.82. The van der Waals surface area contributed by atoms with E-state index in [9.17, 15) is 4.79 Å². The van der Waals surface area contributed by atoms with E-state index in [1.54, 1.807) is 24.3 Å². The molecule has 1 rings (SSSR count). The molecule has 0 aliphatic heterocycles. The van der Waals surface area contributed by atoms with Gasteiger partial charge in [-0.1, -0.05) is 6.07 Å². The van der Waals surface area contributed by atoms with Gasteiger partial charge in [0.15, 0.2) is 6.29 Å². The average Bonchev–Trinajstić information content (AvgIpc) is 2.26. The summed E-state index contributed by atoms with van der Waals surface area (Å²) in [6, 6.07) is 6.97. The highest BCUT2D eigenvalue weighted by Crippen LogP contribution is 2.17. The maximum absolute atomic E-state index is 10.7. The number of hydrogen-bond donors (Lipinski definition) is 0. The first-order valence-electron chi connectivity index (χ1n) is 4.01. The molecule has 0 radical (unpaired) electrons. The van der Waals surface area contributed by atoms with Crippen LogP contribution in [0, 0.1) is 11.3 Å². The van der Waals surface area contributed by atoms with Crippen LogP contribution in [0.1, 0.15) is 15.9 Å². The Hall–Kier alpha value is -2.08. The molecule has 3 heteroatoms. The minimum Gasteiger partial charge on any atom is -0.497 e. The smallest absolute Gasteiger partial charge is 0.150 e. The zero-order valence-electron chi connectivity index (χ0n) is 7.73. The van der Waals surface area contributed by atoms with Gasteiger partial charge >= 0.3 is 0 Å². The summed E-state index contributed by atoms with van der Waals surface area (Å²) < 4.78 is 4.97. The molecular formula is C11H9NO2. The van der Waals surface area contributed by atoms with Crippen LogP contribution in [0.5, 0.6) is 5.75 Å². The summed E-state index contributed by atoms with van der Waals surface area (Å²) in [6.07, 6.45) is 3.65. The number of carbonyl (C=O) groups excluding carboxylic acids is 1. The number of allylic oxidation sites excluding steroid dienone is 1. The van der Waals surface area contributed by atoms with E-state index in [1.807, 2.05) is 6.07 Å². The second kappa shape index (κ2) is 4.83. The van der Waals surface area contributed by atoms with Crippen molar-refractivity contribution < 1.29 is 9.53 Å². The fourth-order valence-corrected chi connectivity index (χ4v) is 1.06. The number of nitrogens with zero attached hydrogens (tertiary/aromatic N) is 1. The van der Waals surface area contributed by atoms with Gasteiger partial charge in [-0.05, 0) is 23.8 Å². The number of aldehydes is 1. The Morgan fingerprint density at radius 3 is 2.79 bits per heavy atom. The molecule has 0 bridgehead atoms. The lowest BCUT2D eigenvalue weighted by atomic mass is 10.1. The highest BCUT2D eigenvalue weighted by atomic mass is 16.5. The van der Waals surface area contributed by atoms with Gasteiger partial charge in [-0.2, -0.15) is 5.26 Å². The van der Waals surface area contributed by atoms with Crippen LogP contribution in [0.15, 0.2) is 24.3 Å². The second-order valence-corrected chi connectivity index (χ2v) is 2.58. The number of nitriles is 1. The van der Waals surface area contributed by atoms with Crippen molar-refractivity contribution in [3.63, 3.8) is 0 Å². The Kier molecular flexibility index (Phi) is 3.45. The molecule has 0 aliphatic rings. The van der Waals surface area contributed by atoms with Crippen LogP contribution in [0.3, 0.4) is 0 Å². The highest BCUT2D eigenvalue weighted by Gasteiger charge is 2.00. The van der Waals surface area contributed by atoms with Crippen LogP contribution in [0.25, 0.3) is 6.08 Å². The number of methoxy groups -OCH3 is 1. The van der Waals surface area contributed by atoms with Crippen LogP contribution in [0.2, 0.25) is 0 Å². The average molecular weight is 187 g/mol. The molecule has 0 saturated heterocycles. The molecule has 0 atom stereocenters. The Morgan fingerprint density at radius 1 is 1.43 bits per heavy atom.